The van der Waals surface area contributed by atoms with Crippen molar-refractivity contribution in [2.24, 2.45) is 11.0 Å². The second kappa shape index (κ2) is 5.03. The van der Waals surface area contributed by atoms with Crippen molar-refractivity contribution >= 4 is 5.91 Å². The topological polar surface area (TPSA) is 69.1 Å². The summed E-state index contributed by atoms with van der Waals surface area (Å²) in [6, 6.07) is 0. The molecule has 1 fully saturated rings. The van der Waals surface area contributed by atoms with Crippen LogP contribution in [0.4, 0.5) is 0 Å². The lowest BCUT2D eigenvalue weighted by atomic mass is 9.82. The summed E-state index contributed by atoms with van der Waals surface area (Å²) in [6.45, 7) is 1.50. The molecule has 5 heteroatoms. The number of amides is 1. The molecule has 16 heavy (non-hydrogen) atoms. The number of hydrogen-bond donors (Lipinski definition) is 0. The quantitative estimate of drug-likeness (QED) is 0.304. The van der Waals surface area contributed by atoms with E-state index in [9.17, 15) is 4.79 Å². The highest BCUT2D eigenvalue weighted by Gasteiger charge is 2.27. The number of rotatable bonds is 2. The number of azide groups is 1. The van der Waals surface area contributed by atoms with Gasteiger partial charge < -0.3 is 4.90 Å². The third-order valence-corrected chi connectivity index (χ3v) is 3.43. The van der Waals surface area contributed by atoms with Gasteiger partial charge in [-0.1, -0.05) is 16.8 Å². The Morgan fingerprint density at radius 3 is 3.31 bits per heavy atom. The van der Waals surface area contributed by atoms with Gasteiger partial charge in [-0.3, -0.25) is 4.79 Å². The Morgan fingerprint density at radius 2 is 2.50 bits per heavy atom. The smallest absolute Gasteiger partial charge is 0.228 e. The summed E-state index contributed by atoms with van der Waals surface area (Å²) in [5.74, 6) is 0.639. The first kappa shape index (κ1) is 11.0. The van der Waals surface area contributed by atoms with Gasteiger partial charge in [-0.2, -0.15) is 0 Å². The van der Waals surface area contributed by atoms with Crippen LogP contribution in [0.15, 0.2) is 16.8 Å². The second-order valence-corrected chi connectivity index (χ2v) is 4.40. The molecule has 1 amide bonds. The van der Waals surface area contributed by atoms with Gasteiger partial charge in [0.2, 0.25) is 5.91 Å². The van der Waals surface area contributed by atoms with E-state index in [0.717, 1.165) is 25.9 Å². The van der Waals surface area contributed by atoms with Gasteiger partial charge >= 0.3 is 0 Å². The number of carbonyl (C=O) groups excluding carboxylic acids is 1. The van der Waals surface area contributed by atoms with Crippen LogP contribution in [-0.4, -0.2) is 30.4 Å². The summed E-state index contributed by atoms with van der Waals surface area (Å²) in [5.41, 5.74) is 9.59. The van der Waals surface area contributed by atoms with Crippen molar-refractivity contribution in [3.63, 3.8) is 0 Å². The van der Waals surface area contributed by atoms with E-state index < -0.39 is 0 Å². The average Bonchev–Trinajstić information content (AvgIpc) is 2.35. The van der Waals surface area contributed by atoms with Crippen molar-refractivity contribution in [2.45, 2.75) is 25.7 Å². The molecule has 1 heterocycles. The van der Waals surface area contributed by atoms with E-state index >= 15 is 0 Å². The lowest BCUT2D eigenvalue weighted by Crippen LogP contribution is -2.41. The first-order valence-corrected chi connectivity index (χ1v) is 5.79. The maximum atomic E-state index is 11.7. The third kappa shape index (κ3) is 2.36. The Bertz CT molecular complexity index is 357. The number of allylic oxidation sites excluding steroid dienone is 1. The molecule has 2 aliphatic rings. The minimum Gasteiger partial charge on any atom is -0.339 e. The average molecular weight is 220 g/mol. The van der Waals surface area contributed by atoms with Gasteiger partial charge in [-0.15, -0.1) is 0 Å². The minimum absolute atomic E-state index is 0.0472. The number of carbonyl (C=O) groups is 1. The fraction of sp³-hybridized carbons (Fsp3) is 0.727. The van der Waals surface area contributed by atoms with E-state index in [2.05, 4.69) is 16.1 Å². The van der Waals surface area contributed by atoms with Crippen LogP contribution in [0, 0.1) is 5.92 Å². The largest absolute Gasteiger partial charge is 0.339 e. The number of nitrogens with zero attached hydrogens (tertiary/aromatic N) is 4. The van der Waals surface area contributed by atoms with Gasteiger partial charge in [0.05, 0.1) is 0 Å². The number of piperidine rings is 1. The molecule has 1 aliphatic carbocycles. The van der Waals surface area contributed by atoms with Crippen molar-refractivity contribution in [2.75, 3.05) is 19.6 Å². The highest BCUT2D eigenvalue weighted by atomic mass is 16.2. The van der Waals surface area contributed by atoms with Crippen LogP contribution in [0.1, 0.15) is 25.7 Å². The lowest BCUT2D eigenvalue weighted by Gasteiger charge is -2.36. The van der Waals surface area contributed by atoms with Crippen molar-refractivity contribution < 1.29 is 4.79 Å². The van der Waals surface area contributed by atoms with E-state index in [1.54, 1.807) is 0 Å². The van der Waals surface area contributed by atoms with E-state index in [4.69, 9.17) is 5.53 Å². The van der Waals surface area contributed by atoms with E-state index in [0.29, 0.717) is 5.92 Å². The predicted molar refractivity (Wildman–Crippen MR) is 60.6 cm³/mol. The summed E-state index contributed by atoms with van der Waals surface area (Å²) < 4.78 is 0. The summed E-state index contributed by atoms with van der Waals surface area (Å²) >= 11 is 0. The molecule has 86 valence electrons. The molecule has 0 aromatic heterocycles. The molecule has 0 saturated carbocycles. The van der Waals surface area contributed by atoms with Crippen molar-refractivity contribution in [3.8, 4) is 0 Å². The van der Waals surface area contributed by atoms with Crippen LogP contribution in [0.25, 0.3) is 10.4 Å². The van der Waals surface area contributed by atoms with Gasteiger partial charge in [-0.25, -0.2) is 0 Å². The van der Waals surface area contributed by atoms with Crippen molar-refractivity contribution in [1.29, 1.82) is 0 Å². The number of fused-ring (bicyclic) bond motifs is 1. The van der Waals surface area contributed by atoms with E-state index in [1.165, 1.54) is 18.4 Å². The number of hydrogen-bond acceptors (Lipinski definition) is 2. The Morgan fingerprint density at radius 1 is 1.62 bits per heavy atom. The van der Waals surface area contributed by atoms with Crippen molar-refractivity contribution in [1.82, 2.24) is 4.90 Å². The van der Waals surface area contributed by atoms with Gasteiger partial charge in [-0.05, 0) is 37.1 Å². The Labute approximate surface area is 94.7 Å². The molecule has 0 N–H and O–H groups in total. The fourth-order valence-corrected chi connectivity index (χ4v) is 2.54. The molecule has 1 saturated heterocycles. The Kier molecular flexibility index (Phi) is 3.47. The first-order chi connectivity index (χ1) is 7.81. The zero-order valence-corrected chi connectivity index (χ0v) is 9.30. The molecule has 1 unspecified atom stereocenters. The highest BCUT2D eigenvalue weighted by molar-refractivity contribution is 5.78. The zero-order valence-electron chi connectivity index (χ0n) is 9.30. The van der Waals surface area contributed by atoms with Gasteiger partial charge in [0.1, 0.15) is 6.54 Å². The molecule has 5 nitrogen and oxygen atoms in total. The van der Waals surface area contributed by atoms with Crippen LogP contribution in [0.3, 0.4) is 0 Å². The van der Waals surface area contributed by atoms with Gasteiger partial charge in [0, 0.05) is 18.0 Å². The van der Waals surface area contributed by atoms with Gasteiger partial charge in [0.15, 0.2) is 0 Å². The lowest BCUT2D eigenvalue weighted by molar-refractivity contribution is -0.130. The second-order valence-electron chi connectivity index (χ2n) is 4.40. The predicted octanol–water partition coefficient (Wildman–Crippen LogP) is 2.26. The monoisotopic (exact) mass is 220 g/mol. The van der Waals surface area contributed by atoms with E-state index in [-0.39, 0.29) is 12.5 Å². The maximum absolute atomic E-state index is 11.7. The molecule has 0 bridgehead atoms. The molecule has 0 radical (unpaired) electrons. The van der Waals surface area contributed by atoms with Crippen molar-refractivity contribution in [3.05, 3.63) is 22.1 Å². The number of likely N-dealkylation sites (tertiary alicyclic amines) is 1. The maximum Gasteiger partial charge on any atom is 0.228 e. The molecular weight excluding hydrogens is 204 g/mol. The first-order valence-electron chi connectivity index (χ1n) is 5.79. The molecule has 2 rings (SSSR count). The third-order valence-electron chi connectivity index (χ3n) is 3.43. The standard InChI is InChI=1S/C11H16N4O/c12-14-13-7-11(16)15-6-5-9-3-1-2-4-10(9)8-15/h4,9H,1-3,5-8H2. The van der Waals surface area contributed by atoms with E-state index in [1.807, 2.05) is 4.90 Å². The molecule has 1 atom stereocenters. The highest BCUT2D eigenvalue weighted by Crippen LogP contribution is 2.31. The normalized spacial score (nSPS) is 24.1. The molecule has 1 aliphatic heterocycles. The fourth-order valence-electron chi connectivity index (χ4n) is 2.54. The summed E-state index contributed by atoms with van der Waals surface area (Å²) in [5, 5.41) is 3.32. The summed E-state index contributed by atoms with van der Waals surface area (Å²) in [4.78, 5) is 16.1. The molecule has 0 spiro atoms. The van der Waals surface area contributed by atoms with Crippen LogP contribution < -0.4 is 0 Å². The molecule has 0 aromatic carbocycles. The van der Waals surface area contributed by atoms with Crippen LogP contribution in [0.2, 0.25) is 0 Å². The Balaban J connectivity index is 1.96. The molecule has 0 aromatic rings. The van der Waals surface area contributed by atoms with Crippen LogP contribution >= 0.6 is 0 Å². The molecular formula is C11H16N4O. The SMILES string of the molecule is [N-]=[N+]=NCC(=O)N1CCC2CCCC=C2C1. The zero-order chi connectivity index (χ0) is 11.4. The van der Waals surface area contributed by atoms with Crippen LogP contribution in [-0.2, 0) is 4.79 Å². The van der Waals surface area contributed by atoms with Gasteiger partial charge in [0.25, 0.3) is 0 Å². The van der Waals surface area contributed by atoms with Crippen LogP contribution in [0.5, 0.6) is 0 Å². The Hall–Kier alpha value is -1.48. The summed E-state index contributed by atoms with van der Waals surface area (Å²) in [7, 11) is 0. The summed E-state index contributed by atoms with van der Waals surface area (Å²) in [6.07, 6.45) is 7.03. The minimum atomic E-state index is -0.0530.